The van der Waals surface area contributed by atoms with E-state index in [1.54, 1.807) is 13.0 Å². The minimum Gasteiger partial charge on any atom is -0.478 e. The molecule has 0 saturated heterocycles. The van der Waals surface area contributed by atoms with Crippen molar-refractivity contribution >= 4 is 29.3 Å². The number of para-hydroxylation sites is 1. The van der Waals surface area contributed by atoms with Crippen LogP contribution in [0.15, 0.2) is 57.6 Å². The lowest BCUT2D eigenvalue weighted by Gasteiger charge is -2.12. The first-order valence-electron chi connectivity index (χ1n) is 7.07. The standard InChI is InChI=1S/C17H22N2O2S/c1-5-12(3)16(22-4)19-15(14(6-2)17(20)21)18-13-10-8-7-9-11-13/h6-11H,5H2,1-4H3,(H,18,19)(H,20,21)/b14-6+,16-12-. The molecule has 2 N–H and O–H groups in total. The molecule has 0 heterocycles. The van der Waals surface area contributed by atoms with Gasteiger partial charge in [-0.15, -0.1) is 11.8 Å². The molecule has 22 heavy (non-hydrogen) atoms. The van der Waals surface area contributed by atoms with E-state index in [9.17, 15) is 9.90 Å². The number of benzene rings is 1. The molecule has 0 radical (unpaired) electrons. The Morgan fingerprint density at radius 1 is 1.36 bits per heavy atom. The zero-order valence-electron chi connectivity index (χ0n) is 13.4. The number of nitrogens with one attached hydrogen (secondary N) is 1. The van der Waals surface area contributed by atoms with Crippen LogP contribution in [-0.4, -0.2) is 23.2 Å². The molecule has 0 fully saturated rings. The highest BCUT2D eigenvalue weighted by Crippen LogP contribution is 2.22. The predicted octanol–water partition coefficient (Wildman–Crippen LogP) is 4.53. The first-order valence-corrected chi connectivity index (χ1v) is 8.30. The van der Waals surface area contributed by atoms with Crippen molar-refractivity contribution in [1.82, 2.24) is 0 Å². The van der Waals surface area contributed by atoms with Crippen LogP contribution in [0, 0.1) is 0 Å². The number of carboxylic acids is 1. The van der Waals surface area contributed by atoms with Gasteiger partial charge in [0.1, 0.15) is 5.84 Å². The van der Waals surface area contributed by atoms with Gasteiger partial charge >= 0.3 is 5.97 Å². The number of thioether (sulfide) groups is 1. The molecule has 1 aromatic carbocycles. The first-order chi connectivity index (χ1) is 10.5. The Kier molecular flexibility index (Phi) is 7.46. The molecule has 0 aliphatic carbocycles. The van der Waals surface area contributed by atoms with Crippen molar-refractivity contribution in [3.05, 3.63) is 52.6 Å². The molecule has 4 nitrogen and oxygen atoms in total. The number of aliphatic imine (C=N–C) groups is 1. The number of aliphatic carboxylic acids is 1. The van der Waals surface area contributed by atoms with Gasteiger partial charge in [-0.3, -0.25) is 0 Å². The molecule has 118 valence electrons. The van der Waals surface area contributed by atoms with Crippen LogP contribution in [0.1, 0.15) is 27.2 Å². The molecular formula is C17H22N2O2S. The largest absolute Gasteiger partial charge is 0.478 e. The van der Waals surface area contributed by atoms with Gasteiger partial charge in [0.05, 0.1) is 10.6 Å². The Morgan fingerprint density at radius 2 is 2.00 bits per heavy atom. The Bertz CT molecular complexity index is 604. The lowest BCUT2D eigenvalue weighted by molar-refractivity contribution is -0.132. The minimum atomic E-state index is -1.00. The lowest BCUT2D eigenvalue weighted by Crippen LogP contribution is -2.21. The van der Waals surface area contributed by atoms with Crippen molar-refractivity contribution in [3.63, 3.8) is 0 Å². The second-order valence-electron chi connectivity index (χ2n) is 4.60. The Labute approximate surface area is 136 Å². The molecule has 0 amide bonds. The van der Waals surface area contributed by atoms with Gasteiger partial charge in [0.2, 0.25) is 0 Å². The van der Waals surface area contributed by atoms with E-state index in [2.05, 4.69) is 17.2 Å². The van der Waals surface area contributed by atoms with Crippen LogP contribution in [0.5, 0.6) is 0 Å². The first kappa shape index (κ1) is 18.0. The molecule has 0 saturated carbocycles. The van der Waals surface area contributed by atoms with E-state index in [-0.39, 0.29) is 5.57 Å². The van der Waals surface area contributed by atoms with E-state index in [0.29, 0.717) is 5.84 Å². The van der Waals surface area contributed by atoms with Gasteiger partial charge < -0.3 is 10.4 Å². The van der Waals surface area contributed by atoms with Gasteiger partial charge in [0.15, 0.2) is 0 Å². The Morgan fingerprint density at radius 3 is 2.45 bits per heavy atom. The molecule has 0 unspecified atom stereocenters. The number of amidine groups is 1. The van der Waals surface area contributed by atoms with Crippen LogP contribution >= 0.6 is 11.8 Å². The summed E-state index contributed by atoms with van der Waals surface area (Å²) in [5.74, 6) is -0.655. The lowest BCUT2D eigenvalue weighted by atomic mass is 10.2. The average molecular weight is 318 g/mol. The maximum atomic E-state index is 11.5. The monoisotopic (exact) mass is 318 g/mol. The fraction of sp³-hybridized carbons (Fsp3) is 0.294. The second kappa shape index (κ2) is 9.10. The summed E-state index contributed by atoms with van der Waals surface area (Å²) < 4.78 is 0. The van der Waals surface area contributed by atoms with Gasteiger partial charge in [-0.2, -0.15) is 0 Å². The summed E-state index contributed by atoms with van der Waals surface area (Å²) in [6, 6.07) is 9.43. The SMILES string of the molecule is C\C=C(C(=O)O)/C(=N\C(SC)=C(/C)CC)Nc1ccccc1. The Balaban J connectivity index is 3.31. The van der Waals surface area contributed by atoms with E-state index in [1.807, 2.05) is 43.5 Å². The fourth-order valence-electron chi connectivity index (χ4n) is 1.74. The molecule has 1 rings (SSSR count). The highest BCUT2D eigenvalue weighted by atomic mass is 32.2. The van der Waals surface area contributed by atoms with E-state index < -0.39 is 5.97 Å². The highest BCUT2D eigenvalue weighted by Gasteiger charge is 2.15. The van der Waals surface area contributed by atoms with Crippen LogP contribution in [0.3, 0.4) is 0 Å². The molecule has 0 aromatic heterocycles. The number of nitrogens with zero attached hydrogens (tertiary/aromatic N) is 1. The molecule has 0 bridgehead atoms. The van der Waals surface area contributed by atoms with Crippen molar-refractivity contribution in [1.29, 1.82) is 0 Å². The van der Waals surface area contributed by atoms with Crippen molar-refractivity contribution in [2.45, 2.75) is 27.2 Å². The molecule has 0 spiro atoms. The molecule has 5 heteroatoms. The van der Waals surface area contributed by atoms with E-state index >= 15 is 0 Å². The maximum Gasteiger partial charge on any atom is 0.339 e. The van der Waals surface area contributed by atoms with Crippen molar-refractivity contribution < 1.29 is 9.90 Å². The number of hydrogen-bond acceptors (Lipinski definition) is 3. The summed E-state index contributed by atoms with van der Waals surface area (Å²) >= 11 is 1.51. The number of hydrogen-bond donors (Lipinski definition) is 2. The number of carbonyl (C=O) groups is 1. The van der Waals surface area contributed by atoms with E-state index in [1.165, 1.54) is 11.8 Å². The van der Waals surface area contributed by atoms with Crippen LogP contribution in [0.2, 0.25) is 0 Å². The quantitative estimate of drug-likeness (QED) is 0.459. The maximum absolute atomic E-state index is 11.5. The van der Waals surface area contributed by atoms with Gasteiger partial charge in [0.25, 0.3) is 0 Å². The number of allylic oxidation sites excluding steroid dienone is 2. The van der Waals surface area contributed by atoms with Crippen molar-refractivity contribution in [2.75, 3.05) is 11.6 Å². The minimum absolute atomic E-state index is 0.152. The van der Waals surface area contributed by atoms with Crippen LogP contribution < -0.4 is 5.32 Å². The normalized spacial score (nSPS) is 13.6. The molecule has 1 aromatic rings. The molecule has 0 aliphatic rings. The third-order valence-electron chi connectivity index (χ3n) is 3.11. The summed E-state index contributed by atoms with van der Waals surface area (Å²) in [7, 11) is 0. The van der Waals surface area contributed by atoms with Crippen molar-refractivity contribution in [3.8, 4) is 0 Å². The summed E-state index contributed by atoms with van der Waals surface area (Å²) in [5, 5.41) is 13.3. The number of rotatable bonds is 6. The average Bonchev–Trinajstić information content (AvgIpc) is 2.52. The molecule has 0 aliphatic heterocycles. The van der Waals surface area contributed by atoms with E-state index in [4.69, 9.17) is 0 Å². The van der Waals surface area contributed by atoms with Crippen LogP contribution in [0.25, 0.3) is 0 Å². The van der Waals surface area contributed by atoms with Gasteiger partial charge in [-0.25, -0.2) is 9.79 Å². The van der Waals surface area contributed by atoms with Gasteiger partial charge in [0, 0.05) is 5.69 Å². The summed E-state index contributed by atoms with van der Waals surface area (Å²) in [5.41, 5.74) is 2.08. The van der Waals surface area contributed by atoms with Gasteiger partial charge in [-0.1, -0.05) is 31.2 Å². The molecular weight excluding hydrogens is 296 g/mol. The zero-order chi connectivity index (χ0) is 16.5. The Hall–Kier alpha value is -2.01. The van der Waals surface area contributed by atoms with Crippen LogP contribution in [0.4, 0.5) is 5.69 Å². The topological polar surface area (TPSA) is 61.7 Å². The van der Waals surface area contributed by atoms with E-state index in [0.717, 1.165) is 22.7 Å². The molecule has 0 atom stereocenters. The zero-order valence-corrected chi connectivity index (χ0v) is 14.2. The summed E-state index contributed by atoms with van der Waals surface area (Å²) in [6.07, 6.45) is 4.36. The van der Waals surface area contributed by atoms with Gasteiger partial charge in [-0.05, 0) is 44.2 Å². The number of carboxylic acid groups (broad SMARTS) is 1. The summed E-state index contributed by atoms with van der Waals surface area (Å²) in [4.78, 5) is 16.0. The number of anilines is 1. The summed E-state index contributed by atoms with van der Waals surface area (Å²) in [6.45, 7) is 5.76. The third-order valence-corrected chi connectivity index (χ3v) is 3.94. The van der Waals surface area contributed by atoms with Crippen molar-refractivity contribution in [2.24, 2.45) is 4.99 Å². The fourth-order valence-corrected chi connectivity index (χ4v) is 2.42. The smallest absolute Gasteiger partial charge is 0.339 e. The van der Waals surface area contributed by atoms with Crippen LogP contribution in [-0.2, 0) is 4.79 Å². The second-order valence-corrected chi connectivity index (χ2v) is 5.40. The highest BCUT2D eigenvalue weighted by molar-refractivity contribution is 8.02. The predicted molar refractivity (Wildman–Crippen MR) is 95.4 cm³/mol. The third kappa shape index (κ3) is 5.07.